The van der Waals surface area contributed by atoms with Crippen LogP contribution < -0.4 is 0 Å². The van der Waals surface area contributed by atoms with Gasteiger partial charge >= 0.3 is 5.97 Å². The lowest BCUT2D eigenvalue weighted by atomic mass is 10.2. The fourth-order valence-electron chi connectivity index (χ4n) is 1.61. The van der Waals surface area contributed by atoms with E-state index >= 15 is 0 Å². The van der Waals surface area contributed by atoms with E-state index in [0.29, 0.717) is 16.2 Å². The van der Waals surface area contributed by atoms with E-state index in [9.17, 15) is 14.9 Å². The quantitative estimate of drug-likeness (QED) is 0.379. The van der Waals surface area contributed by atoms with Gasteiger partial charge in [0.05, 0.1) is 21.8 Å². The van der Waals surface area contributed by atoms with Gasteiger partial charge in [0, 0.05) is 12.1 Å². The molecule has 0 aliphatic heterocycles. The number of nitro groups is 1. The van der Waals surface area contributed by atoms with E-state index < -0.39 is 10.9 Å². The normalized spacial score (nSPS) is 10.9. The van der Waals surface area contributed by atoms with Crippen molar-refractivity contribution in [3.05, 3.63) is 64.1 Å². The van der Waals surface area contributed by atoms with Gasteiger partial charge in [-0.3, -0.25) is 10.1 Å². The summed E-state index contributed by atoms with van der Waals surface area (Å²) in [7, 11) is 0. The van der Waals surface area contributed by atoms with E-state index in [1.807, 2.05) is 0 Å². The fraction of sp³-hybridized carbons (Fsp3) is 0.0714. The predicted molar refractivity (Wildman–Crippen MR) is 78.0 cm³/mol. The monoisotopic (exact) mass is 305 g/mol. The first-order valence-corrected chi connectivity index (χ1v) is 6.89. The summed E-state index contributed by atoms with van der Waals surface area (Å²) in [4.78, 5) is 21.6. The van der Waals surface area contributed by atoms with Crippen LogP contribution in [0.1, 0.15) is 11.3 Å². The van der Waals surface area contributed by atoms with Crippen LogP contribution in [0.2, 0.25) is 0 Å². The highest BCUT2D eigenvalue weighted by molar-refractivity contribution is 7.98. The Morgan fingerprint density at radius 1 is 1.43 bits per heavy atom. The summed E-state index contributed by atoms with van der Waals surface area (Å²) in [6.07, 6.45) is 3.80. The molecule has 0 saturated heterocycles. The molecule has 2 aromatic rings. The zero-order valence-corrected chi connectivity index (χ0v) is 11.6. The average molecular weight is 305 g/mol. The van der Waals surface area contributed by atoms with Gasteiger partial charge in [-0.05, 0) is 29.8 Å². The topological polar surface area (TPSA) is 93.6 Å². The third-order valence-electron chi connectivity index (χ3n) is 2.55. The Kier molecular flexibility index (Phi) is 4.78. The summed E-state index contributed by atoms with van der Waals surface area (Å²) >= 11 is 1.29. The van der Waals surface area contributed by atoms with Crippen molar-refractivity contribution in [2.24, 2.45) is 0 Å². The minimum atomic E-state index is -1.10. The number of nitrogens with zero attached hydrogens (tertiary/aromatic N) is 1. The van der Waals surface area contributed by atoms with Crippen LogP contribution in [-0.4, -0.2) is 16.0 Å². The molecule has 108 valence electrons. The lowest BCUT2D eigenvalue weighted by molar-refractivity contribution is -0.387. The van der Waals surface area contributed by atoms with Crippen LogP contribution in [0.5, 0.6) is 0 Å². The Labute approximate surface area is 124 Å². The number of nitro benzene ring substituents is 1. The van der Waals surface area contributed by atoms with Crippen LogP contribution in [-0.2, 0) is 10.5 Å². The molecule has 1 aromatic heterocycles. The molecule has 0 unspecified atom stereocenters. The molecule has 7 heteroatoms. The van der Waals surface area contributed by atoms with Gasteiger partial charge in [0.15, 0.2) is 0 Å². The van der Waals surface area contributed by atoms with Crippen molar-refractivity contribution in [3.8, 4) is 0 Å². The van der Waals surface area contributed by atoms with E-state index in [1.165, 1.54) is 23.9 Å². The number of aliphatic carboxylic acids is 1. The SMILES string of the molecule is O=C(O)/C=C/c1ccc(SCc2ccco2)c([N+](=O)[O-])c1. The first kappa shape index (κ1) is 14.9. The number of thioether (sulfide) groups is 1. The van der Waals surface area contributed by atoms with E-state index in [2.05, 4.69) is 0 Å². The molecule has 0 fully saturated rings. The summed E-state index contributed by atoms with van der Waals surface area (Å²) < 4.78 is 5.18. The van der Waals surface area contributed by atoms with Gasteiger partial charge in [-0.25, -0.2) is 4.79 Å². The Morgan fingerprint density at radius 2 is 2.24 bits per heavy atom. The zero-order chi connectivity index (χ0) is 15.2. The van der Waals surface area contributed by atoms with Gasteiger partial charge in [-0.2, -0.15) is 0 Å². The molecule has 0 amide bonds. The lowest BCUT2D eigenvalue weighted by Crippen LogP contribution is -1.92. The van der Waals surface area contributed by atoms with Gasteiger partial charge in [-0.15, -0.1) is 11.8 Å². The number of benzene rings is 1. The van der Waals surface area contributed by atoms with E-state index in [1.54, 1.807) is 30.5 Å². The van der Waals surface area contributed by atoms with Crippen molar-refractivity contribution in [2.75, 3.05) is 0 Å². The molecule has 0 spiro atoms. The van der Waals surface area contributed by atoms with Crippen molar-refractivity contribution < 1.29 is 19.2 Å². The number of carboxylic acids is 1. The van der Waals surface area contributed by atoms with Crippen LogP contribution in [0.15, 0.2) is 52.0 Å². The third-order valence-corrected chi connectivity index (χ3v) is 3.63. The fourth-order valence-corrected chi connectivity index (χ4v) is 2.52. The van der Waals surface area contributed by atoms with Crippen molar-refractivity contribution in [1.29, 1.82) is 0 Å². The van der Waals surface area contributed by atoms with E-state index in [-0.39, 0.29) is 5.69 Å². The van der Waals surface area contributed by atoms with Gasteiger partial charge in [0.25, 0.3) is 5.69 Å². The second kappa shape index (κ2) is 6.76. The Balaban J connectivity index is 2.20. The Bertz CT molecular complexity index is 679. The largest absolute Gasteiger partial charge is 0.478 e. The number of carbonyl (C=O) groups is 1. The molecule has 6 nitrogen and oxygen atoms in total. The van der Waals surface area contributed by atoms with Crippen LogP contribution in [0, 0.1) is 10.1 Å². The average Bonchev–Trinajstić information content (AvgIpc) is 2.96. The van der Waals surface area contributed by atoms with Crippen molar-refractivity contribution in [2.45, 2.75) is 10.6 Å². The van der Waals surface area contributed by atoms with E-state index in [0.717, 1.165) is 11.8 Å². The smallest absolute Gasteiger partial charge is 0.328 e. The summed E-state index contributed by atoms with van der Waals surface area (Å²) in [6, 6.07) is 8.14. The predicted octanol–water partition coefficient (Wildman–Crippen LogP) is 3.58. The highest BCUT2D eigenvalue weighted by Crippen LogP contribution is 2.32. The van der Waals surface area contributed by atoms with Crippen molar-refractivity contribution in [3.63, 3.8) is 0 Å². The molecule has 1 heterocycles. The Hall–Kier alpha value is -2.54. The summed E-state index contributed by atoms with van der Waals surface area (Å²) in [6.45, 7) is 0. The van der Waals surface area contributed by atoms with Crippen molar-refractivity contribution in [1.82, 2.24) is 0 Å². The number of hydrogen-bond donors (Lipinski definition) is 1. The third kappa shape index (κ3) is 4.22. The number of hydrogen-bond acceptors (Lipinski definition) is 5. The van der Waals surface area contributed by atoms with Crippen LogP contribution >= 0.6 is 11.8 Å². The van der Waals surface area contributed by atoms with Crippen LogP contribution in [0.3, 0.4) is 0 Å². The summed E-state index contributed by atoms with van der Waals surface area (Å²) in [5.41, 5.74) is 0.408. The molecule has 1 N–H and O–H groups in total. The molecule has 0 radical (unpaired) electrons. The molecule has 0 aliphatic carbocycles. The highest BCUT2D eigenvalue weighted by Gasteiger charge is 2.15. The number of carboxylic acid groups (broad SMARTS) is 1. The molecule has 0 atom stereocenters. The molecule has 21 heavy (non-hydrogen) atoms. The van der Waals surface area contributed by atoms with Gasteiger partial charge in [0.2, 0.25) is 0 Å². The first-order chi connectivity index (χ1) is 10.1. The summed E-state index contributed by atoms with van der Waals surface area (Å²) in [5, 5.41) is 19.7. The highest BCUT2D eigenvalue weighted by atomic mass is 32.2. The van der Waals surface area contributed by atoms with Gasteiger partial charge in [0.1, 0.15) is 5.76 Å². The minimum absolute atomic E-state index is 0.0564. The summed E-state index contributed by atoms with van der Waals surface area (Å²) in [5.74, 6) is 0.107. The minimum Gasteiger partial charge on any atom is -0.478 e. The number of rotatable bonds is 6. The van der Waals surface area contributed by atoms with Crippen molar-refractivity contribution >= 4 is 29.5 Å². The Morgan fingerprint density at radius 3 is 2.86 bits per heavy atom. The van der Waals surface area contributed by atoms with Crippen LogP contribution in [0.4, 0.5) is 5.69 Å². The lowest BCUT2D eigenvalue weighted by Gasteiger charge is -2.03. The maximum absolute atomic E-state index is 11.1. The van der Waals surface area contributed by atoms with Crippen LogP contribution in [0.25, 0.3) is 6.08 Å². The van der Waals surface area contributed by atoms with Gasteiger partial charge in [-0.1, -0.05) is 6.07 Å². The second-order valence-electron chi connectivity index (χ2n) is 4.02. The maximum atomic E-state index is 11.1. The number of furan rings is 1. The molecule has 2 rings (SSSR count). The first-order valence-electron chi connectivity index (χ1n) is 5.91. The molecule has 0 aliphatic rings. The van der Waals surface area contributed by atoms with E-state index in [4.69, 9.17) is 9.52 Å². The molecule has 0 bridgehead atoms. The molecule has 0 saturated carbocycles. The second-order valence-corrected chi connectivity index (χ2v) is 5.04. The van der Waals surface area contributed by atoms with Gasteiger partial charge < -0.3 is 9.52 Å². The molecular formula is C14H11NO5S. The molecule has 1 aromatic carbocycles. The molecular weight excluding hydrogens is 294 g/mol. The zero-order valence-electron chi connectivity index (χ0n) is 10.8. The maximum Gasteiger partial charge on any atom is 0.328 e. The standard InChI is InChI=1S/C14H11NO5S/c16-14(17)6-4-10-3-5-13(12(8-10)15(18)19)21-9-11-2-1-7-20-11/h1-8H,9H2,(H,16,17)/b6-4+.